The van der Waals surface area contributed by atoms with E-state index in [0.717, 1.165) is 44.9 Å². The third-order valence-electron chi connectivity index (χ3n) is 4.43. The van der Waals surface area contributed by atoms with Gasteiger partial charge in [0, 0.05) is 5.92 Å². The van der Waals surface area contributed by atoms with Gasteiger partial charge in [0.15, 0.2) is 0 Å². The molecule has 1 fully saturated rings. The van der Waals surface area contributed by atoms with Crippen LogP contribution >= 0.6 is 0 Å². The maximum Gasteiger partial charge on any atom is 0.223 e. The normalized spacial score (nSPS) is 27.5. The molecule has 0 aromatic heterocycles. The fourth-order valence-corrected chi connectivity index (χ4v) is 3.42. The summed E-state index contributed by atoms with van der Waals surface area (Å²) in [5, 5.41) is 12.9. The molecule has 0 aromatic rings. The molecule has 112 valence electrons. The number of aliphatic hydroxyl groups is 1. The minimum atomic E-state index is -0.353. The maximum absolute atomic E-state index is 12.4. The summed E-state index contributed by atoms with van der Waals surface area (Å²) in [6, 6.07) is 0. The summed E-state index contributed by atoms with van der Waals surface area (Å²) < 4.78 is 0. The van der Waals surface area contributed by atoms with Gasteiger partial charge < -0.3 is 10.4 Å². The summed E-state index contributed by atoms with van der Waals surface area (Å²) in [7, 11) is 0. The Morgan fingerprint density at radius 1 is 1.37 bits per heavy atom. The van der Waals surface area contributed by atoms with E-state index in [4.69, 9.17) is 0 Å². The smallest absolute Gasteiger partial charge is 0.223 e. The summed E-state index contributed by atoms with van der Waals surface area (Å²) in [5.74, 6) is 0.875. The monoisotopic (exact) mass is 269 g/mol. The fraction of sp³-hybridized carbons (Fsp3) is 0.938. The van der Waals surface area contributed by atoms with Crippen LogP contribution in [0.25, 0.3) is 0 Å². The van der Waals surface area contributed by atoms with Gasteiger partial charge >= 0.3 is 0 Å². The lowest BCUT2D eigenvalue weighted by atomic mass is 9.76. The molecule has 0 saturated heterocycles. The van der Waals surface area contributed by atoms with Crippen LogP contribution in [0.15, 0.2) is 0 Å². The molecule has 1 aliphatic carbocycles. The molecule has 19 heavy (non-hydrogen) atoms. The molecule has 0 aliphatic heterocycles. The maximum atomic E-state index is 12.4. The largest absolute Gasteiger partial charge is 0.394 e. The summed E-state index contributed by atoms with van der Waals surface area (Å²) >= 11 is 0. The van der Waals surface area contributed by atoms with E-state index in [1.165, 1.54) is 6.42 Å². The van der Waals surface area contributed by atoms with Gasteiger partial charge in [0.2, 0.25) is 5.91 Å². The Hall–Kier alpha value is -0.570. The molecule has 1 rings (SSSR count). The van der Waals surface area contributed by atoms with Crippen LogP contribution in [-0.2, 0) is 4.79 Å². The zero-order valence-corrected chi connectivity index (χ0v) is 12.9. The van der Waals surface area contributed by atoms with E-state index in [0.29, 0.717) is 5.92 Å². The van der Waals surface area contributed by atoms with Crippen molar-refractivity contribution >= 4 is 5.91 Å². The van der Waals surface area contributed by atoms with Crippen molar-refractivity contribution in [3.8, 4) is 0 Å². The number of carbonyl (C=O) groups excluding carboxylic acids is 1. The first-order valence-electron chi connectivity index (χ1n) is 7.99. The summed E-state index contributed by atoms with van der Waals surface area (Å²) in [4.78, 5) is 12.4. The Labute approximate surface area is 118 Å². The standard InChI is InChI=1S/C16H31NO2/c1-4-7-14(8-5-2)15(19)17-16(12-18)10-6-9-13(3)11-16/h13-14,18H,4-12H2,1-3H3,(H,17,19). The number of nitrogens with one attached hydrogen (secondary N) is 1. The number of hydrogen-bond donors (Lipinski definition) is 2. The molecule has 0 radical (unpaired) electrons. The van der Waals surface area contributed by atoms with Gasteiger partial charge in [-0.1, -0.05) is 46.5 Å². The molecule has 3 heteroatoms. The van der Waals surface area contributed by atoms with Crippen molar-refractivity contribution in [2.75, 3.05) is 6.61 Å². The molecular formula is C16H31NO2. The first-order chi connectivity index (χ1) is 9.06. The highest BCUT2D eigenvalue weighted by molar-refractivity contribution is 5.79. The van der Waals surface area contributed by atoms with E-state index in [1.54, 1.807) is 0 Å². The highest BCUT2D eigenvalue weighted by Gasteiger charge is 2.36. The van der Waals surface area contributed by atoms with Crippen LogP contribution in [0.4, 0.5) is 0 Å². The van der Waals surface area contributed by atoms with E-state index in [1.807, 2.05) is 0 Å². The molecule has 2 N–H and O–H groups in total. The SMILES string of the molecule is CCCC(CCC)C(=O)NC1(CO)CCCC(C)C1. The molecule has 0 bridgehead atoms. The van der Waals surface area contributed by atoms with Gasteiger partial charge in [-0.2, -0.15) is 0 Å². The number of hydrogen-bond acceptors (Lipinski definition) is 2. The molecular weight excluding hydrogens is 238 g/mol. The molecule has 1 amide bonds. The average molecular weight is 269 g/mol. The van der Waals surface area contributed by atoms with Crippen molar-refractivity contribution in [2.45, 2.75) is 77.7 Å². The Kier molecular flexibility index (Phi) is 6.84. The topological polar surface area (TPSA) is 49.3 Å². The molecule has 0 spiro atoms. The van der Waals surface area contributed by atoms with Crippen molar-refractivity contribution in [3.05, 3.63) is 0 Å². The summed E-state index contributed by atoms with van der Waals surface area (Å²) in [5.41, 5.74) is -0.353. The summed E-state index contributed by atoms with van der Waals surface area (Å²) in [6.07, 6.45) is 8.15. The predicted octanol–water partition coefficient (Wildman–Crippen LogP) is 3.26. The zero-order valence-electron chi connectivity index (χ0n) is 12.9. The van der Waals surface area contributed by atoms with Gasteiger partial charge in [0.1, 0.15) is 0 Å². The van der Waals surface area contributed by atoms with Crippen LogP contribution in [0, 0.1) is 11.8 Å². The highest BCUT2D eigenvalue weighted by Crippen LogP contribution is 2.32. The van der Waals surface area contributed by atoms with Crippen LogP contribution in [0.1, 0.15) is 72.1 Å². The predicted molar refractivity (Wildman–Crippen MR) is 78.9 cm³/mol. The van der Waals surface area contributed by atoms with Gasteiger partial charge in [-0.25, -0.2) is 0 Å². The first-order valence-corrected chi connectivity index (χ1v) is 7.99. The van der Waals surface area contributed by atoms with Crippen molar-refractivity contribution in [1.29, 1.82) is 0 Å². The van der Waals surface area contributed by atoms with Gasteiger partial charge in [0.25, 0.3) is 0 Å². The lowest BCUT2D eigenvalue weighted by Gasteiger charge is -2.40. The van der Waals surface area contributed by atoms with Crippen LogP contribution in [0.2, 0.25) is 0 Å². The molecule has 0 heterocycles. The Morgan fingerprint density at radius 2 is 2.00 bits per heavy atom. The minimum absolute atomic E-state index is 0.0774. The van der Waals surface area contributed by atoms with E-state index in [-0.39, 0.29) is 24.0 Å². The van der Waals surface area contributed by atoms with Crippen molar-refractivity contribution in [3.63, 3.8) is 0 Å². The number of carbonyl (C=O) groups is 1. The number of rotatable bonds is 7. The second kappa shape index (κ2) is 7.88. The van der Waals surface area contributed by atoms with Gasteiger partial charge in [-0.05, 0) is 31.6 Å². The van der Waals surface area contributed by atoms with Crippen LogP contribution < -0.4 is 5.32 Å². The first kappa shape index (κ1) is 16.5. The van der Waals surface area contributed by atoms with Crippen molar-refractivity contribution in [1.82, 2.24) is 5.32 Å². The second-order valence-corrected chi connectivity index (χ2v) is 6.40. The average Bonchev–Trinajstić information content (AvgIpc) is 2.38. The summed E-state index contributed by atoms with van der Waals surface area (Å²) in [6.45, 7) is 6.54. The lowest BCUT2D eigenvalue weighted by Crippen LogP contribution is -2.55. The van der Waals surface area contributed by atoms with Gasteiger partial charge in [0.05, 0.1) is 12.1 Å². The molecule has 2 unspecified atom stereocenters. The zero-order chi connectivity index (χ0) is 14.3. The van der Waals surface area contributed by atoms with E-state index >= 15 is 0 Å². The molecule has 1 saturated carbocycles. The Morgan fingerprint density at radius 3 is 2.47 bits per heavy atom. The molecule has 3 nitrogen and oxygen atoms in total. The molecule has 2 atom stereocenters. The lowest BCUT2D eigenvalue weighted by molar-refractivity contribution is -0.128. The quantitative estimate of drug-likeness (QED) is 0.745. The third-order valence-corrected chi connectivity index (χ3v) is 4.43. The van der Waals surface area contributed by atoms with E-state index < -0.39 is 0 Å². The highest BCUT2D eigenvalue weighted by atomic mass is 16.3. The minimum Gasteiger partial charge on any atom is -0.394 e. The van der Waals surface area contributed by atoms with Gasteiger partial charge in [-0.3, -0.25) is 4.79 Å². The van der Waals surface area contributed by atoms with Crippen LogP contribution in [0.5, 0.6) is 0 Å². The van der Waals surface area contributed by atoms with Crippen LogP contribution in [-0.4, -0.2) is 23.2 Å². The Bertz CT molecular complexity index is 274. The third kappa shape index (κ3) is 4.79. The Balaban J connectivity index is 2.64. The van der Waals surface area contributed by atoms with Crippen molar-refractivity contribution in [2.24, 2.45) is 11.8 Å². The number of amides is 1. The van der Waals surface area contributed by atoms with Gasteiger partial charge in [-0.15, -0.1) is 0 Å². The number of aliphatic hydroxyl groups excluding tert-OH is 1. The second-order valence-electron chi connectivity index (χ2n) is 6.40. The van der Waals surface area contributed by atoms with E-state index in [9.17, 15) is 9.90 Å². The molecule has 1 aliphatic rings. The molecule has 0 aromatic carbocycles. The fourth-order valence-electron chi connectivity index (χ4n) is 3.42. The van der Waals surface area contributed by atoms with Crippen molar-refractivity contribution < 1.29 is 9.90 Å². The van der Waals surface area contributed by atoms with E-state index in [2.05, 4.69) is 26.1 Å². The van der Waals surface area contributed by atoms with Crippen LogP contribution in [0.3, 0.4) is 0 Å².